The van der Waals surface area contributed by atoms with Crippen LogP contribution in [0.5, 0.6) is 5.75 Å². The molecule has 0 saturated heterocycles. The second-order valence-corrected chi connectivity index (χ2v) is 6.90. The topological polar surface area (TPSA) is 110 Å². The highest BCUT2D eigenvalue weighted by molar-refractivity contribution is 7.14. The van der Waals surface area contributed by atoms with Crippen LogP contribution in [0.3, 0.4) is 0 Å². The lowest BCUT2D eigenvalue weighted by Crippen LogP contribution is -2.28. The van der Waals surface area contributed by atoms with E-state index in [2.05, 4.69) is 20.6 Å². The summed E-state index contributed by atoms with van der Waals surface area (Å²) in [6, 6.07) is 5.49. The van der Waals surface area contributed by atoms with Gasteiger partial charge < -0.3 is 15.4 Å². The summed E-state index contributed by atoms with van der Waals surface area (Å²) in [6.07, 6.45) is 4.40. The number of aryl methyl sites for hydroxylation is 1. The molecule has 3 amide bonds. The van der Waals surface area contributed by atoms with E-state index in [0.29, 0.717) is 22.3 Å². The molecule has 1 atom stereocenters. The summed E-state index contributed by atoms with van der Waals surface area (Å²) in [5.74, 6) is -1.68. The zero-order chi connectivity index (χ0) is 20.1. The molecule has 1 aliphatic heterocycles. The maximum Gasteiger partial charge on any atom is 0.262 e. The number of dihydropyridines is 1. The van der Waals surface area contributed by atoms with E-state index in [0.717, 1.165) is 5.56 Å². The standard InChI is InChI=1S/C19H18N4O4S/c1-11-5-6-15(27-2)14(8-11)22-16(24)9-12-10-28-19(21-12)23-18(26)13-4-3-7-20-17(13)25/h3-8,10,13H,9H2,1-2H3,(H,22,24)(H,21,23,26). The van der Waals surface area contributed by atoms with Gasteiger partial charge in [0.2, 0.25) is 11.8 Å². The number of hydrogen-bond acceptors (Lipinski definition) is 6. The number of rotatable bonds is 6. The zero-order valence-electron chi connectivity index (χ0n) is 15.3. The summed E-state index contributed by atoms with van der Waals surface area (Å²) in [7, 11) is 1.53. The van der Waals surface area contributed by atoms with Crippen molar-refractivity contribution < 1.29 is 19.1 Å². The number of allylic oxidation sites excluding steroid dienone is 1. The lowest BCUT2D eigenvalue weighted by atomic mass is 10.1. The Morgan fingerprint density at radius 1 is 1.29 bits per heavy atom. The number of carbonyl (C=O) groups excluding carboxylic acids is 3. The molecule has 0 bridgehead atoms. The minimum absolute atomic E-state index is 0.0377. The Bertz CT molecular complexity index is 980. The van der Waals surface area contributed by atoms with E-state index in [4.69, 9.17) is 4.74 Å². The Morgan fingerprint density at radius 2 is 2.11 bits per heavy atom. The van der Waals surface area contributed by atoms with E-state index in [1.54, 1.807) is 17.5 Å². The fraction of sp³-hybridized carbons (Fsp3) is 0.211. The van der Waals surface area contributed by atoms with Gasteiger partial charge in [0.25, 0.3) is 5.91 Å². The van der Waals surface area contributed by atoms with Gasteiger partial charge in [0, 0.05) is 11.6 Å². The third-order valence-electron chi connectivity index (χ3n) is 3.89. The number of carbonyl (C=O) groups is 3. The molecule has 2 N–H and O–H groups in total. The van der Waals surface area contributed by atoms with Gasteiger partial charge in [-0.25, -0.2) is 9.98 Å². The molecule has 0 spiro atoms. The van der Waals surface area contributed by atoms with Gasteiger partial charge in [-0.05, 0) is 30.7 Å². The summed E-state index contributed by atoms with van der Waals surface area (Å²) < 4.78 is 5.25. The van der Waals surface area contributed by atoms with Crippen LogP contribution in [0.4, 0.5) is 10.8 Å². The number of ether oxygens (including phenoxy) is 1. The van der Waals surface area contributed by atoms with Crippen molar-refractivity contribution in [3.8, 4) is 5.75 Å². The smallest absolute Gasteiger partial charge is 0.262 e. The first kappa shape index (κ1) is 19.4. The van der Waals surface area contributed by atoms with Crippen molar-refractivity contribution in [2.45, 2.75) is 13.3 Å². The molecule has 2 heterocycles. The number of nitrogens with one attached hydrogen (secondary N) is 2. The van der Waals surface area contributed by atoms with E-state index in [9.17, 15) is 14.4 Å². The molecule has 9 heteroatoms. The molecule has 1 aromatic heterocycles. The number of thiazole rings is 1. The molecule has 0 fully saturated rings. The number of methoxy groups -OCH3 is 1. The highest BCUT2D eigenvalue weighted by atomic mass is 32.1. The van der Waals surface area contributed by atoms with Gasteiger partial charge in [-0.1, -0.05) is 12.1 Å². The lowest BCUT2D eigenvalue weighted by Gasteiger charge is -2.10. The van der Waals surface area contributed by atoms with Gasteiger partial charge in [-0.15, -0.1) is 11.3 Å². The van der Waals surface area contributed by atoms with Crippen LogP contribution in [-0.2, 0) is 20.8 Å². The Balaban J connectivity index is 1.60. The Kier molecular flexibility index (Phi) is 5.95. The Morgan fingerprint density at radius 3 is 2.86 bits per heavy atom. The van der Waals surface area contributed by atoms with Gasteiger partial charge >= 0.3 is 0 Å². The Hall–Kier alpha value is -3.33. The van der Waals surface area contributed by atoms with Crippen LogP contribution < -0.4 is 15.4 Å². The molecule has 0 aliphatic carbocycles. The van der Waals surface area contributed by atoms with Gasteiger partial charge in [0.1, 0.15) is 11.7 Å². The van der Waals surface area contributed by atoms with Crippen LogP contribution in [0, 0.1) is 12.8 Å². The number of aromatic nitrogens is 1. The van der Waals surface area contributed by atoms with E-state index in [-0.39, 0.29) is 12.3 Å². The monoisotopic (exact) mass is 398 g/mol. The summed E-state index contributed by atoms with van der Waals surface area (Å²) in [4.78, 5) is 43.9. The van der Waals surface area contributed by atoms with Gasteiger partial charge in [-0.3, -0.25) is 14.4 Å². The molecule has 8 nitrogen and oxygen atoms in total. The SMILES string of the molecule is COc1ccc(C)cc1NC(=O)Cc1csc(NC(=O)C2C=CC=NC2=O)n1. The third-order valence-corrected chi connectivity index (χ3v) is 4.70. The van der Waals surface area contributed by atoms with Crippen molar-refractivity contribution >= 4 is 46.1 Å². The fourth-order valence-corrected chi connectivity index (χ4v) is 3.26. The summed E-state index contributed by atoms with van der Waals surface area (Å²) in [6.45, 7) is 1.92. The predicted octanol–water partition coefficient (Wildman–Crippen LogP) is 2.36. The highest BCUT2D eigenvalue weighted by Gasteiger charge is 2.25. The van der Waals surface area contributed by atoms with Crippen molar-refractivity contribution in [3.63, 3.8) is 0 Å². The molecule has 1 aromatic carbocycles. The second kappa shape index (κ2) is 8.57. The summed E-state index contributed by atoms with van der Waals surface area (Å²) in [5, 5.41) is 7.38. The van der Waals surface area contributed by atoms with Crippen molar-refractivity contribution in [1.82, 2.24) is 4.98 Å². The first-order chi connectivity index (χ1) is 13.5. The normalized spacial score (nSPS) is 15.4. The number of aliphatic imine (C=N–C) groups is 1. The van der Waals surface area contributed by atoms with Crippen LogP contribution in [0.1, 0.15) is 11.3 Å². The van der Waals surface area contributed by atoms with E-state index in [1.807, 2.05) is 19.1 Å². The first-order valence-electron chi connectivity index (χ1n) is 8.40. The van der Waals surface area contributed by atoms with Crippen LogP contribution in [-0.4, -0.2) is 36.0 Å². The van der Waals surface area contributed by atoms with E-state index < -0.39 is 17.7 Å². The van der Waals surface area contributed by atoms with Gasteiger partial charge in [0.05, 0.1) is 24.9 Å². The fourth-order valence-electron chi connectivity index (χ4n) is 2.55. The molecule has 28 heavy (non-hydrogen) atoms. The van der Waals surface area contributed by atoms with Crippen LogP contribution in [0.15, 0.2) is 40.7 Å². The van der Waals surface area contributed by atoms with Crippen molar-refractivity contribution in [2.75, 3.05) is 17.7 Å². The molecule has 0 saturated carbocycles. The summed E-state index contributed by atoms with van der Waals surface area (Å²) >= 11 is 1.18. The van der Waals surface area contributed by atoms with Gasteiger partial charge in [0.15, 0.2) is 5.13 Å². The molecule has 3 rings (SSSR count). The molecule has 1 unspecified atom stereocenters. The average Bonchev–Trinajstić information content (AvgIpc) is 3.08. The number of nitrogens with zero attached hydrogens (tertiary/aromatic N) is 2. The van der Waals surface area contributed by atoms with Crippen LogP contribution in [0.25, 0.3) is 0 Å². The molecule has 144 valence electrons. The molecule has 1 aliphatic rings. The largest absolute Gasteiger partial charge is 0.495 e. The van der Waals surface area contributed by atoms with Crippen molar-refractivity contribution in [2.24, 2.45) is 10.9 Å². The van der Waals surface area contributed by atoms with Crippen molar-refractivity contribution in [1.29, 1.82) is 0 Å². The second-order valence-electron chi connectivity index (χ2n) is 6.04. The van der Waals surface area contributed by atoms with Crippen LogP contribution >= 0.6 is 11.3 Å². The minimum Gasteiger partial charge on any atom is -0.495 e. The number of benzene rings is 1. The molecule has 0 radical (unpaired) electrons. The maximum absolute atomic E-state index is 12.3. The van der Waals surface area contributed by atoms with E-state index in [1.165, 1.54) is 30.7 Å². The Labute approximate surface area is 165 Å². The molecular weight excluding hydrogens is 380 g/mol. The predicted molar refractivity (Wildman–Crippen MR) is 107 cm³/mol. The third kappa shape index (κ3) is 4.68. The van der Waals surface area contributed by atoms with Gasteiger partial charge in [-0.2, -0.15) is 0 Å². The molecule has 2 aromatic rings. The van der Waals surface area contributed by atoms with Crippen LogP contribution in [0.2, 0.25) is 0 Å². The van der Waals surface area contributed by atoms with E-state index >= 15 is 0 Å². The lowest BCUT2D eigenvalue weighted by molar-refractivity contribution is -0.128. The van der Waals surface area contributed by atoms with Crippen molar-refractivity contribution in [3.05, 3.63) is 47.0 Å². The highest BCUT2D eigenvalue weighted by Crippen LogP contribution is 2.25. The molecular formula is C19H18N4O4S. The number of amides is 3. The minimum atomic E-state index is -0.963. The number of anilines is 2. The zero-order valence-corrected chi connectivity index (χ0v) is 16.1. The summed E-state index contributed by atoms with van der Waals surface area (Å²) in [5.41, 5.74) is 2.08. The average molecular weight is 398 g/mol. The first-order valence-corrected chi connectivity index (χ1v) is 9.28. The maximum atomic E-state index is 12.3. The number of hydrogen-bond donors (Lipinski definition) is 2. The quantitative estimate of drug-likeness (QED) is 0.726.